The number of aliphatic hydroxyl groups is 1. The van der Waals surface area contributed by atoms with Crippen molar-refractivity contribution in [1.29, 1.82) is 0 Å². The third-order valence-corrected chi connectivity index (χ3v) is 7.88. The number of hydrogen-bond donors (Lipinski definition) is 1. The fraction of sp³-hybridized carbons (Fsp3) is 0.333. The van der Waals surface area contributed by atoms with Crippen LogP contribution in [0.15, 0.2) is 64.9 Å². The minimum absolute atomic E-state index is 0.0562. The van der Waals surface area contributed by atoms with Crippen molar-refractivity contribution >= 4 is 15.9 Å². The van der Waals surface area contributed by atoms with Crippen LogP contribution >= 0.6 is 0 Å². The van der Waals surface area contributed by atoms with Gasteiger partial charge in [-0.3, -0.25) is 0 Å². The topological polar surface area (TPSA) is 91.3 Å². The summed E-state index contributed by atoms with van der Waals surface area (Å²) in [5.41, 5.74) is 1.21. The van der Waals surface area contributed by atoms with Crippen LogP contribution in [0.25, 0.3) is 6.08 Å². The maximum absolute atomic E-state index is 13.7. The van der Waals surface area contributed by atoms with Gasteiger partial charge in [0.2, 0.25) is 16.6 Å². The van der Waals surface area contributed by atoms with E-state index in [1.807, 2.05) is 0 Å². The highest BCUT2D eigenvalue weighted by molar-refractivity contribution is 7.95. The van der Waals surface area contributed by atoms with Crippen LogP contribution in [-0.2, 0) is 19.3 Å². The summed E-state index contributed by atoms with van der Waals surface area (Å²) in [7, 11) is -3.95. The number of benzene rings is 2. The Hall–Kier alpha value is -2.65. The van der Waals surface area contributed by atoms with Gasteiger partial charge in [-0.2, -0.15) is 0 Å². The Bertz CT molecular complexity index is 1200. The molecule has 5 rings (SSSR count). The average Bonchev–Trinajstić information content (AvgIpc) is 3.35. The number of ether oxygens (including phenoxy) is 4. The normalized spacial score (nSPS) is 28.2. The van der Waals surface area contributed by atoms with Crippen LogP contribution in [0.2, 0.25) is 0 Å². The molecule has 7 nitrogen and oxygen atoms in total. The van der Waals surface area contributed by atoms with Gasteiger partial charge in [-0.1, -0.05) is 30.9 Å². The van der Waals surface area contributed by atoms with E-state index in [2.05, 4.69) is 6.58 Å². The molecule has 2 heterocycles. The smallest absolute Gasteiger partial charge is 0.231 e. The molecule has 0 amide bonds. The van der Waals surface area contributed by atoms with Crippen LogP contribution in [0.1, 0.15) is 30.9 Å². The first-order valence-corrected chi connectivity index (χ1v) is 11.8. The van der Waals surface area contributed by atoms with Gasteiger partial charge in [-0.05, 0) is 55.3 Å². The van der Waals surface area contributed by atoms with Gasteiger partial charge >= 0.3 is 0 Å². The van der Waals surface area contributed by atoms with Crippen molar-refractivity contribution in [3.05, 3.63) is 71.2 Å². The first-order chi connectivity index (χ1) is 15.2. The summed E-state index contributed by atoms with van der Waals surface area (Å²) in [5, 5.41) is 11.5. The van der Waals surface area contributed by atoms with Crippen LogP contribution in [0.5, 0.6) is 11.5 Å². The lowest BCUT2D eigenvalue weighted by Gasteiger charge is -2.35. The van der Waals surface area contributed by atoms with E-state index in [4.69, 9.17) is 18.9 Å². The SMILES string of the molecule is C=Cc1cc2c(cc1[C@H]1C(S(=O)(=O)c3ccccc3)=C[C@H]3OC(C)(C)O[C@H]3[C@H]1O)OCO2. The largest absolute Gasteiger partial charge is 0.454 e. The highest BCUT2D eigenvalue weighted by Gasteiger charge is 2.52. The Morgan fingerprint density at radius 2 is 1.78 bits per heavy atom. The Balaban J connectivity index is 1.71. The van der Waals surface area contributed by atoms with Crippen molar-refractivity contribution in [2.45, 2.75) is 48.8 Å². The second-order valence-electron chi connectivity index (χ2n) is 8.46. The first kappa shape index (κ1) is 21.2. The van der Waals surface area contributed by atoms with Crippen LogP contribution in [0.3, 0.4) is 0 Å². The van der Waals surface area contributed by atoms with E-state index in [0.717, 1.165) is 0 Å². The lowest BCUT2D eigenvalue weighted by atomic mass is 9.81. The fourth-order valence-corrected chi connectivity index (χ4v) is 6.28. The van der Waals surface area contributed by atoms with Gasteiger partial charge in [0.1, 0.15) is 12.2 Å². The molecule has 2 aliphatic heterocycles. The van der Waals surface area contributed by atoms with Crippen LogP contribution in [-0.4, -0.2) is 44.4 Å². The second kappa shape index (κ2) is 7.45. The third-order valence-electron chi connectivity index (χ3n) is 5.97. The molecule has 0 aromatic heterocycles. The Labute approximate surface area is 186 Å². The van der Waals surface area contributed by atoms with E-state index < -0.39 is 39.9 Å². The Morgan fingerprint density at radius 3 is 2.47 bits per heavy atom. The van der Waals surface area contributed by atoms with Crippen molar-refractivity contribution in [1.82, 2.24) is 0 Å². The monoisotopic (exact) mass is 456 g/mol. The lowest BCUT2D eigenvalue weighted by molar-refractivity contribution is -0.153. The van der Waals surface area contributed by atoms with Crippen LogP contribution in [0, 0.1) is 0 Å². The quantitative estimate of drug-likeness (QED) is 0.754. The molecular weight excluding hydrogens is 432 g/mol. The molecule has 2 aromatic carbocycles. The van der Waals surface area contributed by atoms with Gasteiger partial charge in [0.15, 0.2) is 17.3 Å². The van der Waals surface area contributed by atoms with E-state index in [-0.39, 0.29) is 16.6 Å². The highest BCUT2D eigenvalue weighted by Crippen LogP contribution is 2.48. The van der Waals surface area contributed by atoms with E-state index >= 15 is 0 Å². The molecule has 0 spiro atoms. The summed E-state index contributed by atoms with van der Waals surface area (Å²) in [4.78, 5) is 0.196. The molecule has 0 bridgehead atoms. The molecular formula is C24H24O7S. The number of aliphatic hydroxyl groups excluding tert-OH is 1. The molecule has 2 aromatic rings. The predicted molar refractivity (Wildman–Crippen MR) is 117 cm³/mol. The maximum atomic E-state index is 13.7. The van der Waals surface area contributed by atoms with E-state index in [1.165, 1.54) is 12.1 Å². The molecule has 3 aliphatic rings. The zero-order chi connectivity index (χ0) is 22.7. The summed E-state index contributed by atoms with van der Waals surface area (Å²) in [5.74, 6) is -0.842. The van der Waals surface area contributed by atoms with Gasteiger partial charge < -0.3 is 24.1 Å². The minimum Gasteiger partial charge on any atom is -0.454 e. The molecule has 1 fully saturated rings. The van der Waals surface area contributed by atoms with Gasteiger partial charge in [-0.25, -0.2) is 8.42 Å². The van der Waals surface area contributed by atoms with Crippen molar-refractivity contribution < 1.29 is 32.5 Å². The highest BCUT2D eigenvalue weighted by atomic mass is 32.2. The Kier molecular flexibility index (Phi) is 4.94. The molecule has 0 saturated carbocycles. The molecule has 1 N–H and O–H groups in total. The van der Waals surface area contributed by atoms with Crippen LogP contribution in [0.4, 0.5) is 0 Å². The first-order valence-electron chi connectivity index (χ1n) is 10.3. The van der Waals surface area contributed by atoms with Gasteiger partial charge in [0.25, 0.3) is 0 Å². The van der Waals surface area contributed by atoms with E-state index in [9.17, 15) is 13.5 Å². The zero-order valence-corrected chi connectivity index (χ0v) is 18.5. The van der Waals surface area contributed by atoms with Crippen LogP contribution < -0.4 is 9.47 Å². The number of sulfone groups is 1. The van der Waals surface area contributed by atoms with Gasteiger partial charge in [-0.15, -0.1) is 0 Å². The summed E-state index contributed by atoms with van der Waals surface area (Å²) in [6.45, 7) is 7.42. The molecule has 1 aliphatic carbocycles. The summed E-state index contributed by atoms with van der Waals surface area (Å²) < 4.78 is 50.3. The molecule has 0 unspecified atom stereocenters. The Morgan fingerprint density at radius 1 is 1.09 bits per heavy atom. The molecule has 4 atom stereocenters. The second-order valence-corrected chi connectivity index (χ2v) is 10.4. The third kappa shape index (κ3) is 3.34. The van der Waals surface area contributed by atoms with Gasteiger partial charge in [0, 0.05) is 5.92 Å². The fourth-order valence-electron chi connectivity index (χ4n) is 4.58. The van der Waals surface area contributed by atoms with E-state index in [0.29, 0.717) is 22.6 Å². The lowest BCUT2D eigenvalue weighted by Crippen LogP contribution is -2.44. The maximum Gasteiger partial charge on any atom is 0.231 e. The van der Waals surface area contributed by atoms with Crippen molar-refractivity contribution in [3.8, 4) is 11.5 Å². The minimum atomic E-state index is -3.95. The predicted octanol–water partition coefficient (Wildman–Crippen LogP) is 3.39. The number of rotatable bonds is 4. The number of fused-ring (bicyclic) bond motifs is 2. The molecule has 0 radical (unpaired) electrons. The van der Waals surface area contributed by atoms with E-state index in [1.54, 1.807) is 56.3 Å². The standard InChI is InChI=1S/C24H24O7S/c1-4-14-10-17-18(29-13-28-17)11-16(14)21-20(32(26,27)15-8-6-5-7-9-15)12-19-23(22(21)25)31-24(2,3)30-19/h4-12,19,21-23,25H,1,13H2,2-3H3/t19-,21+,22+,23-/m1/s1. The average molecular weight is 457 g/mol. The van der Waals surface area contributed by atoms with Crippen molar-refractivity contribution in [2.24, 2.45) is 0 Å². The molecule has 1 saturated heterocycles. The van der Waals surface area contributed by atoms with Crippen molar-refractivity contribution in [3.63, 3.8) is 0 Å². The molecule has 32 heavy (non-hydrogen) atoms. The molecule has 168 valence electrons. The summed E-state index contributed by atoms with van der Waals surface area (Å²) in [6.07, 6.45) is 0.563. The summed E-state index contributed by atoms with van der Waals surface area (Å²) >= 11 is 0. The van der Waals surface area contributed by atoms with Crippen molar-refractivity contribution in [2.75, 3.05) is 6.79 Å². The molecule has 8 heteroatoms. The number of hydrogen-bond acceptors (Lipinski definition) is 7. The summed E-state index contributed by atoms with van der Waals surface area (Å²) in [6, 6.07) is 11.6. The zero-order valence-electron chi connectivity index (χ0n) is 17.7. The van der Waals surface area contributed by atoms with Gasteiger partial charge in [0.05, 0.1) is 15.9 Å².